The normalized spacial score (nSPS) is 15.8. The highest BCUT2D eigenvalue weighted by Crippen LogP contribution is 2.28. The zero-order valence-corrected chi connectivity index (χ0v) is 23.2. The molecule has 216 valence electrons. The molecular weight excluding hydrogens is 561 g/mol. The lowest BCUT2D eigenvalue weighted by atomic mass is 10.2. The fourth-order valence-electron chi connectivity index (χ4n) is 4.25. The van der Waals surface area contributed by atoms with Gasteiger partial charge in [0.1, 0.15) is 12.7 Å². The van der Waals surface area contributed by atoms with Crippen LogP contribution < -0.4 is 16.3 Å². The lowest BCUT2D eigenvalue weighted by Gasteiger charge is -2.13. The van der Waals surface area contributed by atoms with Crippen LogP contribution in [-0.2, 0) is 17.9 Å². The zero-order valence-electron chi connectivity index (χ0n) is 22.4. The second kappa shape index (κ2) is 11.0. The second-order valence-corrected chi connectivity index (χ2v) is 10.8. The van der Waals surface area contributed by atoms with Crippen molar-refractivity contribution in [3.63, 3.8) is 0 Å². The molecule has 2 amide bonds. The summed E-state index contributed by atoms with van der Waals surface area (Å²) in [5.41, 5.74) is 0.865. The number of aromatic nitrogens is 4. The number of alkyl halides is 3. The third-order valence-electron chi connectivity index (χ3n) is 6.46. The maximum absolute atomic E-state index is 13.3. The summed E-state index contributed by atoms with van der Waals surface area (Å²) in [6, 6.07) is 6.37. The number of hydrogen-bond acceptors (Lipinski definition) is 7. The number of amides is 2. The number of rotatable bonds is 9. The predicted molar refractivity (Wildman–Crippen MR) is 151 cm³/mol. The number of aryl methyl sites for hydroxylation is 1. The number of aliphatic imine (C=N–C) groups is 1. The summed E-state index contributed by atoms with van der Waals surface area (Å²) in [6.07, 6.45) is -0.779. The largest absolute Gasteiger partial charge is 0.406 e. The molecule has 0 bridgehead atoms. The molecule has 4 aromatic rings. The first-order valence-corrected chi connectivity index (χ1v) is 13.5. The van der Waals surface area contributed by atoms with Gasteiger partial charge in [0, 0.05) is 50.3 Å². The first kappa shape index (κ1) is 28.3. The van der Waals surface area contributed by atoms with Crippen LogP contribution in [-0.4, -0.2) is 75.0 Å². The van der Waals surface area contributed by atoms with E-state index in [9.17, 15) is 27.6 Å². The van der Waals surface area contributed by atoms with Gasteiger partial charge in [0.15, 0.2) is 0 Å². The summed E-state index contributed by atoms with van der Waals surface area (Å²) in [6.45, 7) is 1.34. The Kier molecular flexibility index (Phi) is 7.57. The van der Waals surface area contributed by atoms with Gasteiger partial charge in [0.05, 0.1) is 26.9 Å². The van der Waals surface area contributed by atoms with Crippen molar-refractivity contribution in [1.82, 2.24) is 29.3 Å². The van der Waals surface area contributed by atoms with Crippen LogP contribution in [0.3, 0.4) is 0 Å². The monoisotopic (exact) mass is 588 g/mol. The van der Waals surface area contributed by atoms with Crippen molar-refractivity contribution < 1.29 is 22.8 Å². The van der Waals surface area contributed by atoms with E-state index >= 15 is 0 Å². The number of hydrogen-bond donors (Lipinski definition) is 3. The van der Waals surface area contributed by atoms with Crippen molar-refractivity contribution in [3.8, 4) is 0 Å². The second-order valence-electron chi connectivity index (χ2n) is 9.68. The topological polar surface area (TPSA) is 139 Å². The van der Waals surface area contributed by atoms with E-state index in [2.05, 4.69) is 25.6 Å². The van der Waals surface area contributed by atoms with E-state index < -0.39 is 24.3 Å². The average molecular weight is 589 g/mol. The van der Waals surface area contributed by atoms with Gasteiger partial charge in [0.2, 0.25) is 11.9 Å². The van der Waals surface area contributed by atoms with E-state index in [1.165, 1.54) is 28.4 Å². The SMILES string of the molecule is C/C=C(\C=NC1CN1)c1ccc(C(=O)Nc2nc3cc4[nH]c(=O)n(CC(F)(F)F)c4cc3n2CCC(=O)N(C)C)s1. The number of imidazole rings is 2. The van der Waals surface area contributed by atoms with Gasteiger partial charge in [-0.3, -0.25) is 29.8 Å². The Balaban J connectivity index is 1.50. The number of thiophene rings is 1. The molecular formula is C26H27F3N8O3S. The molecule has 1 saturated heterocycles. The number of allylic oxidation sites excluding steroid dienone is 2. The number of nitrogens with one attached hydrogen (secondary N) is 3. The standard InChI is InChI=1S/C26H27F3N8O3S/c1-4-14(11-30-21-12-31-21)19-5-6-20(41-19)23(39)34-24-32-15-9-16-18(37(25(40)33-16)13-26(27,28)29)10-17(15)36(24)8-7-22(38)35(2)3/h4-6,9-11,21,31H,7-8,12-13H2,1-3H3,(H,33,40)(H,32,34,39)/b14-4+,30-11?. The van der Waals surface area contributed by atoms with Crippen molar-refractivity contribution in [1.29, 1.82) is 0 Å². The molecule has 1 aliphatic heterocycles. The number of benzene rings is 1. The molecule has 41 heavy (non-hydrogen) atoms. The molecule has 15 heteroatoms. The van der Waals surface area contributed by atoms with E-state index in [4.69, 9.17) is 0 Å². The summed E-state index contributed by atoms with van der Waals surface area (Å²) < 4.78 is 41.7. The molecule has 5 rings (SSSR count). The first-order valence-electron chi connectivity index (χ1n) is 12.7. The zero-order chi connectivity index (χ0) is 29.5. The fraction of sp³-hybridized carbons (Fsp3) is 0.346. The molecule has 3 N–H and O–H groups in total. The first-order chi connectivity index (χ1) is 19.4. The maximum atomic E-state index is 13.3. The Morgan fingerprint density at radius 1 is 1.22 bits per heavy atom. The van der Waals surface area contributed by atoms with E-state index in [-0.39, 0.29) is 42.0 Å². The highest BCUT2D eigenvalue weighted by molar-refractivity contribution is 7.15. The molecule has 4 heterocycles. The van der Waals surface area contributed by atoms with Crippen molar-refractivity contribution in [2.75, 3.05) is 26.0 Å². The Morgan fingerprint density at radius 3 is 2.61 bits per heavy atom. The number of anilines is 1. The van der Waals surface area contributed by atoms with Crippen LogP contribution in [0.2, 0.25) is 0 Å². The summed E-state index contributed by atoms with van der Waals surface area (Å²) in [5.74, 6) is -0.505. The van der Waals surface area contributed by atoms with E-state index in [1.54, 1.807) is 30.9 Å². The van der Waals surface area contributed by atoms with Gasteiger partial charge in [-0.2, -0.15) is 13.2 Å². The van der Waals surface area contributed by atoms with Crippen LogP contribution in [0.15, 0.2) is 40.1 Å². The van der Waals surface area contributed by atoms with Gasteiger partial charge in [0.25, 0.3) is 5.91 Å². The Labute approximate surface area is 235 Å². The molecule has 0 radical (unpaired) electrons. The Hall–Kier alpha value is -4.24. The molecule has 1 fully saturated rings. The van der Waals surface area contributed by atoms with Crippen molar-refractivity contribution in [2.24, 2.45) is 4.99 Å². The summed E-state index contributed by atoms with van der Waals surface area (Å²) >= 11 is 1.27. The van der Waals surface area contributed by atoms with Crippen LogP contribution in [0, 0.1) is 0 Å². The molecule has 0 saturated carbocycles. The molecule has 1 unspecified atom stereocenters. The van der Waals surface area contributed by atoms with Crippen LogP contribution in [0.1, 0.15) is 27.9 Å². The highest BCUT2D eigenvalue weighted by Gasteiger charge is 2.30. The molecule has 1 aliphatic rings. The van der Waals surface area contributed by atoms with Crippen LogP contribution >= 0.6 is 11.3 Å². The molecule has 1 atom stereocenters. The number of fused-ring (bicyclic) bond motifs is 2. The minimum absolute atomic E-state index is 0.0302. The quantitative estimate of drug-likeness (QED) is 0.203. The summed E-state index contributed by atoms with van der Waals surface area (Å²) in [7, 11) is 3.21. The van der Waals surface area contributed by atoms with Crippen molar-refractivity contribution in [2.45, 2.75) is 38.8 Å². The minimum atomic E-state index is -4.61. The van der Waals surface area contributed by atoms with Gasteiger partial charge in [-0.1, -0.05) is 6.08 Å². The van der Waals surface area contributed by atoms with E-state index in [1.807, 2.05) is 19.1 Å². The maximum Gasteiger partial charge on any atom is 0.406 e. The number of carbonyl (C=O) groups excluding carboxylic acids is 2. The highest BCUT2D eigenvalue weighted by atomic mass is 32.1. The minimum Gasteiger partial charge on any atom is -0.349 e. The van der Waals surface area contributed by atoms with Crippen LogP contribution in [0.4, 0.5) is 19.1 Å². The third kappa shape index (κ3) is 6.25. The number of nitrogens with zero attached hydrogens (tertiary/aromatic N) is 5. The van der Waals surface area contributed by atoms with Gasteiger partial charge < -0.3 is 14.5 Å². The number of halogens is 3. The lowest BCUT2D eigenvalue weighted by molar-refractivity contribution is -0.140. The number of carbonyl (C=O) groups is 2. The lowest BCUT2D eigenvalue weighted by Crippen LogP contribution is -2.26. The smallest absolute Gasteiger partial charge is 0.349 e. The van der Waals surface area contributed by atoms with Gasteiger partial charge in [-0.25, -0.2) is 9.78 Å². The average Bonchev–Trinajstić information content (AvgIpc) is 3.37. The molecule has 0 spiro atoms. The van der Waals surface area contributed by atoms with Crippen molar-refractivity contribution in [3.05, 3.63) is 50.6 Å². The Morgan fingerprint density at radius 2 is 1.95 bits per heavy atom. The predicted octanol–water partition coefficient (Wildman–Crippen LogP) is 3.44. The molecule has 11 nitrogen and oxygen atoms in total. The van der Waals surface area contributed by atoms with Crippen molar-refractivity contribution >= 4 is 63.0 Å². The third-order valence-corrected chi connectivity index (χ3v) is 7.59. The fourth-order valence-corrected chi connectivity index (χ4v) is 5.19. The van der Waals surface area contributed by atoms with E-state index in [0.29, 0.717) is 20.5 Å². The van der Waals surface area contributed by atoms with Crippen LogP contribution in [0.5, 0.6) is 0 Å². The Bertz CT molecular complexity index is 1750. The molecule has 0 aliphatic carbocycles. The van der Waals surface area contributed by atoms with Gasteiger partial charge in [-0.05, 0) is 31.2 Å². The summed E-state index contributed by atoms with van der Waals surface area (Å²) in [5, 5.41) is 5.88. The molecule has 1 aromatic carbocycles. The van der Waals surface area contributed by atoms with E-state index in [0.717, 1.165) is 17.0 Å². The molecule has 3 aromatic heterocycles. The van der Waals surface area contributed by atoms with Crippen LogP contribution in [0.25, 0.3) is 27.6 Å². The summed E-state index contributed by atoms with van der Waals surface area (Å²) in [4.78, 5) is 51.9. The van der Waals surface area contributed by atoms with Gasteiger partial charge >= 0.3 is 11.9 Å². The number of aromatic amines is 1. The van der Waals surface area contributed by atoms with Gasteiger partial charge in [-0.15, -0.1) is 11.3 Å². The number of H-pyrrole nitrogens is 1.